The van der Waals surface area contributed by atoms with Crippen molar-refractivity contribution in [3.05, 3.63) is 33.3 Å². The van der Waals surface area contributed by atoms with Crippen LogP contribution in [0.25, 0.3) is 0 Å². The summed E-state index contributed by atoms with van der Waals surface area (Å²) in [6.07, 6.45) is -3.17. The molecule has 0 N–H and O–H groups in total. The molecule has 0 radical (unpaired) electrons. The summed E-state index contributed by atoms with van der Waals surface area (Å²) in [6.45, 7) is 0. The molecule has 0 spiro atoms. The van der Waals surface area contributed by atoms with Gasteiger partial charge in [0.05, 0.1) is 0 Å². The van der Waals surface area contributed by atoms with E-state index in [1.807, 2.05) is 0 Å². The lowest BCUT2D eigenvalue weighted by atomic mass is 10.2. The molecule has 0 saturated heterocycles. The van der Waals surface area contributed by atoms with Gasteiger partial charge in [-0.05, 0) is 9.91 Å². The Morgan fingerprint density at radius 2 is 2.20 bits per heavy atom. The SMILES string of the molecule is N#Cc1cc(F)c([N+](=O)[O-])nc1C(F)F. The Hall–Kier alpha value is -2.17. The summed E-state index contributed by atoms with van der Waals surface area (Å²) >= 11 is 0. The number of nitro groups is 1. The lowest BCUT2D eigenvalue weighted by molar-refractivity contribution is -0.392. The molecule has 15 heavy (non-hydrogen) atoms. The van der Waals surface area contributed by atoms with Crippen LogP contribution in [-0.4, -0.2) is 9.91 Å². The minimum atomic E-state index is -3.17. The molecule has 0 fully saturated rings. The number of halogens is 3. The third kappa shape index (κ3) is 2.01. The highest BCUT2D eigenvalue weighted by atomic mass is 19.3. The molecular formula is C7H2F3N3O2. The summed E-state index contributed by atoms with van der Waals surface area (Å²) in [5, 5.41) is 18.5. The molecule has 0 unspecified atom stereocenters. The van der Waals surface area contributed by atoms with Crippen LogP contribution in [0.1, 0.15) is 17.7 Å². The van der Waals surface area contributed by atoms with Crippen molar-refractivity contribution in [3.8, 4) is 6.07 Å². The second-order valence-electron chi connectivity index (χ2n) is 2.40. The lowest BCUT2D eigenvalue weighted by Crippen LogP contribution is -2.03. The number of aromatic nitrogens is 1. The van der Waals surface area contributed by atoms with Crippen LogP contribution in [0.2, 0.25) is 0 Å². The maximum atomic E-state index is 12.8. The van der Waals surface area contributed by atoms with Gasteiger partial charge < -0.3 is 10.1 Å². The maximum absolute atomic E-state index is 12.8. The highest BCUT2D eigenvalue weighted by Crippen LogP contribution is 2.25. The molecule has 0 aromatic carbocycles. The molecular weight excluding hydrogens is 215 g/mol. The molecule has 8 heteroatoms. The molecule has 0 aliphatic carbocycles. The number of hydrogen-bond acceptors (Lipinski definition) is 4. The van der Waals surface area contributed by atoms with Gasteiger partial charge in [-0.15, -0.1) is 0 Å². The van der Waals surface area contributed by atoms with E-state index < -0.39 is 34.2 Å². The van der Waals surface area contributed by atoms with Gasteiger partial charge in [0.1, 0.15) is 11.6 Å². The Balaban J connectivity index is 3.45. The second-order valence-corrected chi connectivity index (χ2v) is 2.40. The minimum absolute atomic E-state index is 0.368. The normalized spacial score (nSPS) is 10.1. The topological polar surface area (TPSA) is 79.8 Å². The van der Waals surface area contributed by atoms with Crippen LogP contribution in [0, 0.1) is 27.3 Å². The summed E-state index contributed by atoms with van der Waals surface area (Å²) in [5.74, 6) is -2.73. The lowest BCUT2D eigenvalue weighted by Gasteiger charge is -1.98. The summed E-state index contributed by atoms with van der Waals surface area (Å²) in [7, 11) is 0. The van der Waals surface area contributed by atoms with E-state index in [4.69, 9.17) is 5.26 Å². The first-order valence-electron chi connectivity index (χ1n) is 3.50. The minimum Gasteiger partial charge on any atom is -0.358 e. The zero-order chi connectivity index (χ0) is 11.6. The highest BCUT2D eigenvalue weighted by Gasteiger charge is 2.27. The predicted molar refractivity (Wildman–Crippen MR) is 40.5 cm³/mol. The van der Waals surface area contributed by atoms with Gasteiger partial charge in [0.15, 0.2) is 0 Å². The van der Waals surface area contributed by atoms with Crippen molar-refractivity contribution in [2.75, 3.05) is 0 Å². The van der Waals surface area contributed by atoms with Gasteiger partial charge in [-0.1, -0.05) is 0 Å². The van der Waals surface area contributed by atoms with Crippen LogP contribution < -0.4 is 0 Å². The molecule has 0 aliphatic rings. The van der Waals surface area contributed by atoms with Crippen LogP contribution in [0.5, 0.6) is 0 Å². The highest BCUT2D eigenvalue weighted by molar-refractivity contribution is 5.39. The van der Waals surface area contributed by atoms with Gasteiger partial charge >= 0.3 is 12.2 Å². The first-order chi connectivity index (χ1) is 6.97. The van der Waals surface area contributed by atoms with Gasteiger partial charge in [-0.3, -0.25) is 0 Å². The van der Waals surface area contributed by atoms with E-state index in [9.17, 15) is 23.3 Å². The number of nitriles is 1. The molecule has 1 rings (SSSR count). The molecule has 0 saturated carbocycles. The van der Waals surface area contributed by atoms with Gasteiger partial charge in [-0.2, -0.15) is 9.65 Å². The van der Waals surface area contributed by atoms with Crippen LogP contribution in [0.4, 0.5) is 19.0 Å². The monoisotopic (exact) mass is 217 g/mol. The number of rotatable bonds is 2. The zero-order valence-corrected chi connectivity index (χ0v) is 6.95. The van der Waals surface area contributed by atoms with E-state index in [1.54, 1.807) is 0 Å². The van der Waals surface area contributed by atoms with Crippen LogP contribution in [0.15, 0.2) is 6.07 Å². The molecule has 1 heterocycles. The van der Waals surface area contributed by atoms with Crippen molar-refractivity contribution in [3.63, 3.8) is 0 Å². The van der Waals surface area contributed by atoms with Gasteiger partial charge in [0.2, 0.25) is 11.5 Å². The van der Waals surface area contributed by atoms with Crippen LogP contribution in [0.3, 0.4) is 0 Å². The maximum Gasteiger partial charge on any atom is 0.400 e. The number of nitrogens with zero attached hydrogens (tertiary/aromatic N) is 3. The fourth-order valence-corrected chi connectivity index (χ4v) is 0.877. The predicted octanol–water partition coefficient (Wildman–Crippen LogP) is 1.94. The van der Waals surface area contributed by atoms with E-state index in [0.717, 1.165) is 0 Å². The van der Waals surface area contributed by atoms with Crippen molar-refractivity contribution >= 4 is 5.82 Å². The molecule has 0 amide bonds. The Kier molecular flexibility index (Phi) is 2.85. The molecule has 0 bridgehead atoms. The number of alkyl halides is 2. The molecule has 78 valence electrons. The molecule has 0 atom stereocenters. The number of pyridine rings is 1. The average molecular weight is 217 g/mol. The summed E-state index contributed by atoms with van der Waals surface area (Å²) in [4.78, 5) is 11.7. The van der Waals surface area contributed by atoms with Gasteiger partial charge in [-0.25, -0.2) is 8.78 Å². The average Bonchev–Trinajstić information content (AvgIpc) is 2.16. The molecule has 1 aromatic heterocycles. The van der Waals surface area contributed by atoms with Crippen molar-refractivity contribution in [2.24, 2.45) is 0 Å². The van der Waals surface area contributed by atoms with Crippen molar-refractivity contribution in [1.82, 2.24) is 4.98 Å². The largest absolute Gasteiger partial charge is 0.400 e. The Morgan fingerprint density at radius 3 is 2.60 bits per heavy atom. The van der Waals surface area contributed by atoms with Crippen molar-refractivity contribution in [2.45, 2.75) is 6.43 Å². The van der Waals surface area contributed by atoms with Crippen molar-refractivity contribution < 1.29 is 18.1 Å². The van der Waals surface area contributed by atoms with Gasteiger partial charge in [0.25, 0.3) is 0 Å². The quantitative estimate of drug-likeness (QED) is 0.560. The van der Waals surface area contributed by atoms with E-state index in [1.165, 1.54) is 6.07 Å². The Morgan fingerprint density at radius 1 is 1.60 bits per heavy atom. The molecule has 5 nitrogen and oxygen atoms in total. The Bertz CT molecular complexity index is 456. The second kappa shape index (κ2) is 3.91. The summed E-state index contributed by atoms with van der Waals surface area (Å²) < 4.78 is 37.3. The summed E-state index contributed by atoms with van der Waals surface area (Å²) in [5.41, 5.74) is -1.81. The third-order valence-electron chi connectivity index (χ3n) is 1.49. The first kappa shape index (κ1) is 10.9. The molecule has 1 aromatic rings. The third-order valence-corrected chi connectivity index (χ3v) is 1.49. The van der Waals surface area contributed by atoms with E-state index in [2.05, 4.69) is 4.98 Å². The number of hydrogen-bond donors (Lipinski definition) is 0. The van der Waals surface area contributed by atoms with Crippen LogP contribution >= 0.6 is 0 Å². The molecule has 0 aliphatic heterocycles. The van der Waals surface area contributed by atoms with E-state index in [0.29, 0.717) is 6.07 Å². The van der Waals surface area contributed by atoms with Gasteiger partial charge in [0, 0.05) is 6.07 Å². The first-order valence-corrected chi connectivity index (χ1v) is 3.50. The standard InChI is InChI=1S/C7H2F3N3O2/c8-4-1-3(2-11)5(6(9)10)12-7(4)13(14)15/h1,6H. The fraction of sp³-hybridized carbons (Fsp3) is 0.143. The van der Waals surface area contributed by atoms with E-state index in [-0.39, 0.29) is 0 Å². The zero-order valence-electron chi connectivity index (χ0n) is 6.95. The van der Waals surface area contributed by atoms with E-state index >= 15 is 0 Å². The fourth-order valence-electron chi connectivity index (χ4n) is 0.877. The van der Waals surface area contributed by atoms with Crippen LogP contribution in [-0.2, 0) is 0 Å². The smallest absolute Gasteiger partial charge is 0.358 e. The summed E-state index contributed by atoms with van der Waals surface area (Å²) in [6, 6.07) is 1.65. The Labute approximate surface area is 80.9 Å². The van der Waals surface area contributed by atoms with Crippen molar-refractivity contribution in [1.29, 1.82) is 5.26 Å².